The Balaban J connectivity index is 1.93. The average molecular weight is 274 g/mol. The summed E-state index contributed by atoms with van der Waals surface area (Å²) in [6.07, 6.45) is 10.5. The lowest BCUT2D eigenvalue weighted by Crippen LogP contribution is -1.98. The maximum absolute atomic E-state index is 2.33. The van der Waals surface area contributed by atoms with Gasteiger partial charge in [0, 0.05) is 0 Å². The molecule has 0 radical (unpaired) electrons. The van der Waals surface area contributed by atoms with Gasteiger partial charge in [-0.1, -0.05) is 80.1 Å². The van der Waals surface area contributed by atoms with Gasteiger partial charge >= 0.3 is 0 Å². The summed E-state index contributed by atoms with van der Waals surface area (Å²) >= 11 is 0. The van der Waals surface area contributed by atoms with Crippen molar-refractivity contribution in [1.82, 2.24) is 0 Å². The Bertz CT molecular complexity index is 647. The standard InChI is InChI=1S/C21H22/c1-2-17-9-6-7-12-19(15-17)21-14-8-13-20(16-21)18-10-4-3-5-11-18/h3-8,10-14,16-17H,2,9,15H2,1H3. The Morgan fingerprint density at radius 1 is 0.905 bits per heavy atom. The Morgan fingerprint density at radius 2 is 1.67 bits per heavy atom. The van der Waals surface area contributed by atoms with Gasteiger partial charge < -0.3 is 0 Å². The molecule has 0 fully saturated rings. The summed E-state index contributed by atoms with van der Waals surface area (Å²) in [4.78, 5) is 0. The Morgan fingerprint density at radius 3 is 2.48 bits per heavy atom. The minimum absolute atomic E-state index is 0.774. The van der Waals surface area contributed by atoms with Crippen LogP contribution in [0.2, 0.25) is 0 Å². The van der Waals surface area contributed by atoms with Crippen LogP contribution in [0.15, 0.2) is 72.8 Å². The third-order valence-corrected chi connectivity index (χ3v) is 4.33. The molecule has 3 rings (SSSR count). The molecule has 0 spiro atoms. The Labute approximate surface area is 127 Å². The largest absolute Gasteiger partial charge is 0.0842 e. The van der Waals surface area contributed by atoms with Gasteiger partial charge in [0.25, 0.3) is 0 Å². The van der Waals surface area contributed by atoms with Crippen molar-refractivity contribution >= 4 is 5.57 Å². The van der Waals surface area contributed by atoms with Crippen LogP contribution in [0.5, 0.6) is 0 Å². The van der Waals surface area contributed by atoms with Gasteiger partial charge in [0.2, 0.25) is 0 Å². The molecular formula is C21H22. The second kappa shape index (κ2) is 6.58. The van der Waals surface area contributed by atoms with Crippen LogP contribution in [-0.4, -0.2) is 0 Å². The second-order valence-electron chi connectivity index (χ2n) is 5.78. The molecule has 1 aliphatic rings. The molecule has 0 aromatic heterocycles. The molecule has 0 saturated carbocycles. The molecule has 2 aromatic rings. The number of allylic oxidation sites excluding steroid dienone is 4. The zero-order valence-corrected chi connectivity index (χ0v) is 12.6. The van der Waals surface area contributed by atoms with Gasteiger partial charge in [0.15, 0.2) is 0 Å². The van der Waals surface area contributed by atoms with Crippen LogP contribution in [0, 0.1) is 5.92 Å². The molecule has 106 valence electrons. The highest BCUT2D eigenvalue weighted by Crippen LogP contribution is 2.31. The van der Waals surface area contributed by atoms with E-state index in [0.717, 1.165) is 5.92 Å². The molecule has 0 heterocycles. The van der Waals surface area contributed by atoms with Crippen LogP contribution in [0.25, 0.3) is 16.7 Å². The van der Waals surface area contributed by atoms with Crippen molar-refractivity contribution in [3.8, 4) is 11.1 Å². The maximum atomic E-state index is 2.33. The number of hydrogen-bond donors (Lipinski definition) is 0. The number of rotatable bonds is 3. The van der Waals surface area contributed by atoms with Gasteiger partial charge in [0.05, 0.1) is 0 Å². The van der Waals surface area contributed by atoms with Crippen LogP contribution in [0.1, 0.15) is 31.7 Å². The van der Waals surface area contributed by atoms with Crippen molar-refractivity contribution in [1.29, 1.82) is 0 Å². The third kappa shape index (κ3) is 3.33. The van der Waals surface area contributed by atoms with E-state index in [4.69, 9.17) is 0 Å². The highest BCUT2D eigenvalue weighted by Gasteiger charge is 2.12. The van der Waals surface area contributed by atoms with Crippen molar-refractivity contribution < 1.29 is 0 Å². The van der Waals surface area contributed by atoms with Gasteiger partial charge in [0.1, 0.15) is 0 Å². The topological polar surface area (TPSA) is 0 Å². The summed E-state index contributed by atoms with van der Waals surface area (Å²) in [5.41, 5.74) is 5.42. The summed E-state index contributed by atoms with van der Waals surface area (Å²) in [7, 11) is 0. The lowest BCUT2D eigenvalue weighted by atomic mass is 9.90. The average Bonchev–Trinajstić information content (AvgIpc) is 2.81. The van der Waals surface area contributed by atoms with Gasteiger partial charge in [-0.3, -0.25) is 0 Å². The van der Waals surface area contributed by atoms with Crippen molar-refractivity contribution in [3.05, 3.63) is 78.4 Å². The molecule has 21 heavy (non-hydrogen) atoms. The van der Waals surface area contributed by atoms with Gasteiger partial charge in [-0.2, -0.15) is 0 Å². The van der Waals surface area contributed by atoms with Gasteiger partial charge in [-0.15, -0.1) is 0 Å². The van der Waals surface area contributed by atoms with Crippen molar-refractivity contribution in [2.24, 2.45) is 5.92 Å². The van der Waals surface area contributed by atoms with Gasteiger partial charge in [-0.05, 0) is 47.1 Å². The molecule has 1 unspecified atom stereocenters. The third-order valence-electron chi connectivity index (χ3n) is 4.33. The van der Waals surface area contributed by atoms with E-state index < -0.39 is 0 Å². The van der Waals surface area contributed by atoms with Crippen LogP contribution in [0.4, 0.5) is 0 Å². The normalized spacial score (nSPS) is 18.1. The van der Waals surface area contributed by atoms with E-state index in [1.807, 2.05) is 0 Å². The molecule has 0 N–H and O–H groups in total. The first-order valence-corrected chi connectivity index (χ1v) is 7.88. The van der Waals surface area contributed by atoms with Crippen molar-refractivity contribution in [2.75, 3.05) is 0 Å². The zero-order valence-electron chi connectivity index (χ0n) is 12.6. The van der Waals surface area contributed by atoms with Crippen LogP contribution >= 0.6 is 0 Å². The summed E-state index contributed by atoms with van der Waals surface area (Å²) in [5, 5.41) is 0. The number of benzene rings is 2. The van der Waals surface area contributed by atoms with Crippen LogP contribution < -0.4 is 0 Å². The molecule has 1 atom stereocenters. The molecular weight excluding hydrogens is 252 g/mol. The first kappa shape index (κ1) is 13.9. The summed E-state index contributed by atoms with van der Waals surface area (Å²) in [5.74, 6) is 0.774. The molecule has 0 saturated heterocycles. The van der Waals surface area contributed by atoms with Crippen LogP contribution in [0.3, 0.4) is 0 Å². The quantitative estimate of drug-likeness (QED) is 0.633. The fourth-order valence-corrected chi connectivity index (χ4v) is 2.97. The first-order valence-electron chi connectivity index (χ1n) is 7.88. The van der Waals surface area contributed by atoms with E-state index in [9.17, 15) is 0 Å². The summed E-state index contributed by atoms with van der Waals surface area (Å²) < 4.78 is 0. The van der Waals surface area contributed by atoms with Gasteiger partial charge in [-0.25, -0.2) is 0 Å². The molecule has 0 nitrogen and oxygen atoms in total. The lowest BCUT2D eigenvalue weighted by Gasteiger charge is -2.14. The van der Waals surface area contributed by atoms with E-state index in [-0.39, 0.29) is 0 Å². The fraction of sp³-hybridized carbons (Fsp3) is 0.238. The molecule has 2 aromatic carbocycles. The van der Waals surface area contributed by atoms with Crippen LogP contribution in [-0.2, 0) is 0 Å². The maximum Gasteiger partial charge on any atom is -0.0178 e. The predicted molar refractivity (Wildman–Crippen MR) is 92.0 cm³/mol. The summed E-state index contributed by atoms with van der Waals surface area (Å²) in [6, 6.07) is 19.6. The Hall–Kier alpha value is -2.08. The van der Waals surface area contributed by atoms with Crippen molar-refractivity contribution in [2.45, 2.75) is 26.2 Å². The molecule has 1 aliphatic carbocycles. The zero-order chi connectivity index (χ0) is 14.5. The van der Waals surface area contributed by atoms with E-state index in [0.29, 0.717) is 0 Å². The highest BCUT2D eigenvalue weighted by molar-refractivity contribution is 5.73. The molecule has 0 heteroatoms. The van der Waals surface area contributed by atoms with Crippen molar-refractivity contribution in [3.63, 3.8) is 0 Å². The molecule has 0 amide bonds. The number of hydrogen-bond acceptors (Lipinski definition) is 0. The van der Waals surface area contributed by atoms with E-state index in [1.54, 1.807) is 0 Å². The second-order valence-corrected chi connectivity index (χ2v) is 5.78. The predicted octanol–water partition coefficient (Wildman–Crippen LogP) is 6.11. The monoisotopic (exact) mass is 274 g/mol. The minimum atomic E-state index is 0.774. The minimum Gasteiger partial charge on any atom is -0.0842 e. The van der Waals surface area contributed by atoms with E-state index in [2.05, 4.69) is 79.7 Å². The first-order chi connectivity index (χ1) is 10.4. The smallest absolute Gasteiger partial charge is 0.0178 e. The summed E-state index contributed by atoms with van der Waals surface area (Å²) in [6.45, 7) is 2.29. The fourth-order valence-electron chi connectivity index (χ4n) is 2.97. The van der Waals surface area contributed by atoms with E-state index >= 15 is 0 Å². The SMILES string of the molecule is CCC1CC=CC=C(c2cccc(-c3ccccc3)c2)C1. The Kier molecular flexibility index (Phi) is 4.35. The highest BCUT2D eigenvalue weighted by atomic mass is 14.2. The molecule has 0 bridgehead atoms. The lowest BCUT2D eigenvalue weighted by molar-refractivity contribution is 0.533. The molecule has 0 aliphatic heterocycles. The van der Waals surface area contributed by atoms with E-state index in [1.165, 1.54) is 41.5 Å².